The van der Waals surface area contributed by atoms with Crippen LogP contribution in [0, 0.1) is 11.8 Å². The Hall–Kier alpha value is -1.22. The van der Waals surface area contributed by atoms with Crippen molar-refractivity contribution in [1.82, 2.24) is 0 Å². The lowest BCUT2D eigenvalue weighted by molar-refractivity contribution is -0.144. The second kappa shape index (κ2) is 8.12. The van der Waals surface area contributed by atoms with Gasteiger partial charge in [-0.25, -0.2) is 0 Å². The number of ether oxygens (including phenoxy) is 1. The molecule has 0 N–H and O–H groups in total. The number of azide groups is 1. The van der Waals surface area contributed by atoms with Gasteiger partial charge < -0.3 is 4.74 Å². The molecular formula is C10H19N3O2. The van der Waals surface area contributed by atoms with Gasteiger partial charge in [-0.2, -0.15) is 0 Å². The van der Waals surface area contributed by atoms with Crippen molar-refractivity contribution in [2.75, 3.05) is 13.2 Å². The minimum absolute atomic E-state index is 0.0972. The van der Waals surface area contributed by atoms with E-state index in [0.717, 1.165) is 6.42 Å². The van der Waals surface area contributed by atoms with Crippen LogP contribution in [0.5, 0.6) is 0 Å². The van der Waals surface area contributed by atoms with Crippen molar-refractivity contribution in [3.05, 3.63) is 10.4 Å². The van der Waals surface area contributed by atoms with E-state index in [-0.39, 0.29) is 11.9 Å². The molecule has 0 aliphatic heterocycles. The summed E-state index contributed by atoms with van der Waals surface area (Å²) >= 11 is 0. The molecule has 0 spiro atoms. The summed E-state index contributed by atoms with van der Waals surface area (Å²) in [7, 11) is 0. The molecule has 0 aromatic heterocycles. The summed E-state index contributed by atoms with van der Waals surface area (Å²) in [6.07, 6.45) is 1.21. The molecule has 0 heterocycles. The maximum absolute atomic E-state index is 11.2. The van der Waals surface area contributed by atoms with Crippen LogP contribution in [-0.2, 0) is 9.53 Å². The Kier molecular flexibility index (Phi) is 7.46. The van der Waals surface area contributed by atoms with Gasteiger partial charge in [0.2, 0.25) is 0 Å². The zero-order valence-electron chi connectivity index (χ0n) is 9.64. The van der Waals surface area contributed by atoms with Gasteiger partial charge in [0.05, 0.1) is 6.61 Å². The van der Waals surface area contributed by atoms with E-state index >= 15 is 0 Å². The second-order valence-corrected chi connectivity index (χ2v) is 3.92. The lowest BCUT2D eigenvalue weighted by atomic mass is 9.94. The lowest BCUT2D eigenvalue weighted by Gasteiger charge is -2.15. The summed E-state index contributed by atoms with van der Waals surface area (Å²) in [5, 5.41) is 3.51. The van der Waals surface area contributed by atoms with Crippen molar-refractivity contribution in [3.63, 3.8) is 0 Å². The summed E-state index contributed by atoms with van der Waals surface area (Å²) in [5.74, 6) is 0.370. The van der Waals surface area contributed by atoms with Gasteiger partial charge in [0.15, 0.2) is 0 Å². The van der Waals surface area contributed by atoms with Crippen molar-refractivity contribution >= 4 is 5.97 Å². The van der Waals surface area contributed by atoms with E-state index in [1.807, 2.05) is 0 Å². The third kappa shape index (κ3) is 7.82. The third-order valence-corrected chi connectivity index (χ3v) is 1.97. The number of hydrogen-bond acceptors (Lipinski definition) is 3. The van der Waals surface area contributed by atoms with Crippen LogP contribution in [0.1, 0.15) is 33.6 Å². The number of nitrogens with zero attached hydrogens (tertiary/aromatic N) is 3. The first-order valence-electron chi connectivity index (χ1n) is 5.26. The van der Waals surface area contributed by atoms with E-state index in [1.54, 1.807) is 6.92 Å². The second-order valence-electron chi connectivity index (χ2n) is 3.92. The predicted octanol–water partition coefficient (Wildman–Crippen LogP) is 2.91. The van der Waals surface area contributed by atoms with Crippen molar-refractivity contribution in [2.45, 2.75) is 33.6 Å². The van der Waals surface area contributed by atoms with E-state index in [9.17, 15) is 4.79 Å². The van der Waals surface area contributed by atoms with Gasteiger partial charge in [-0.15, -0.1) is 0 Å². The molecule has 1 unspecified atom stereocenters. The van der Waals surface area contributed by atoms with Crippen LogP contribution in [0.2, 0.25) is 0 Å². The highest BCUT2D eigenvalue weighted by atomic mass is 16.5. The summed E-state index contributed by atoms with van der Waals surface area (Å²) in [5.41, 5.74) is 8.23. The van der Waals surface area contributed by atoms with E-state index < -0.39 is 0 Å². The zero-order valence-corrected chi connectivity index (χ0v) is 9.64. The molecule has 15 heavy (non-hydrogen) atoms. The maximum atomic E-state index is 11.2. The van der Waals surface area contributed by atoms with Crippen molar-refractivity contribution in [1.29, 1.82) is 0 Å². The highest BCUT2D eigenvalue weighted by molar-refractivity contribution is 5.69. The number of hydrogen-bond donors (Lipinski definition) is 0. The standard InChI is InChI=1S/C10H19N3O2/c1-4-15-10(14)6-9(5-8(2)3)7-12-13-11/h8-9H,4-7H2,1-3H3. The molecule has 0 aliphatic rings. The SMILES string of the molecule is CCOC(=O)CC(CN=[N+]=[N-])CC(C)C. The first-order valence-corrected chi connectivity index (χ1v) is 5.26. The fourth-order valence-electron chi connectivity index (χ4n) is 1.50. The van der Waals surface area contributed by atoms with Crippen LogP contribution in [0.4, 0.5) is 0 Å². The van der Waals surface area contributed by atoms with Gasteiger partial charge >= 0.3 is 5.97 Å². The third-order valence-electron chi connectivity index (χ3n) is 1.97. The molecule has 0 rings (SSSR count). The Morgan fingerprint density at radius 2 is 2.20 bits per heavy atom. The molecule has 5 nitrogen and oxygen atoms in total. The summed E-state index contributed by atoms with van der Waals surface area (Å²) in [6.45, 7) is 6.70. The van der Waals surface area contributed by atoms with Gasteiger partial charge in [-0.1, -0.05) is 19.0 Å². The van der Waals surface area contributed by atoms with Gasteiger partial charge in [-0.05, 0) is 30.7 Å². The molecule has 0 saturated heterocycles. The predicted molar refractivity (Wildman–Crippen MR) is 58.2 cm³/mol. The summed E-state index contributed by atoms with van der Waals surface area (Å²) in [6, 6.07) is 0. The molecule has 0 bridgehead atoms. The Bertz CT molecular complexity index is 235. The first-order chi connectivity index (χ1) is 7.10. The molecule has 0 radical (unpaired) electrons. The monoisotopic (exact) mass is 213 g/mol. The fraction of sp³-hybridized carbons (Fsp3) is 0.900. The van der Waals surface area contributed by atoms with Crippen LogP contribution in [0.3, 0.4) is 0 Å². The topological polar surface area (TPSA) is 75.1 Å². The minimum Gasteiger partial charge on any atom is -0.466 e. The van der Waals surface area contributed by atoms with E-state index in [2.05, 4.69) is 23.9 Å². The molecule has 0 aromatic rings. The Morgan fingerprint density at radius 3 is 2.67 bits per heavy atom. The number of esters is 1. The van der Waals surface area contributed by atoms with Crippen LogP contribution >= 0.6 is 0 Å². The van der Waals surface area contributed by atoms with Gasteiger partial charge in [-0.3, -0.25) is 4.79 Å². The summed E-state index contributed by atoms with van der Waals surface area (Å²) in [4.78, 5) is 14.0. The Morgan fingerprint density at radius 1 is 1.53 bits per heavy atom. The molecule has 0 aromatic carbocycles. The van der Waals surface area contributed by atoms with Crippen molar-refractivity contribution in [2.24, 2.45) is 17.0 Å². The first kappa shape index (κ1) is 13.8. The van der Waals surface area contributed by atoms with E-state index in [4.69, 9.17) is 10.3 Å². The molecule has 0 aliphatic carbocycles. The van der Waals surface area contributed by atoms with Crippen LogP contribution in [0.25, 0.3) is 10.4 Å². The Balaban J connectivity index is 4.10. The number of carbonyl (C=O) groups is 1. The molecule has 0 amide bonds. The number of rotatable bonds is 7. The van der Waals surface area contributed by atoms with Crippen LogP contribution < -0.4 is 0 Å². The molecule has 5 heteroatoms. The number of carbonyl (C=O) groups excluding carboxylic acids is 1. The maximum Gasteiger partial charge on any atom is 0.306 e. The lowest BCUT2D eigenvalue weighted by Crippen LogP contribution is -2.15. The molecule has 1 atom stereocenters. The largest absolute Gasteiger partial charge is 0.466 e. The molecule has 0 fully saturated rings. The van der Waals surface area contributed by atoms with Crippen molar-refractivity contribution < 1.29 is 9.53 Å². The molecule has 0 saturated carbocycles. The highest BCUT2D eigenvalue weighted by Gasteiger charge is 2.15. The van der Waals surface area contributed by atoms with Gasteiger partial charge in [0.25, 0.3) is 0 Å². The van der Waals surface area contributed by atoms with E-state index in [1.165, 1.54) is 0 Å². The van der Waals surface area contributed by atoms with Gasteiger partial charge in [0.1, 0.15) is 0 Å². The normalized spacial score (nSPS) is 12.0. The smallest absolute Gasteiger partial charge is 0.306 e. The molecular weight excluding hydrogens is 194 g/mol. The Labute approximate surface area is 90.4 Å². The highest BCUT2D eigenvalue weighted by Crippen LogP contribution is 2.16. The minimum atomic E-state index is -0.212. The van der Waals surface area contributed by atoms with Crippen LogP contribution in [0.15, 0.2) is 5.11 Å². The fourth-order valence-corrected chi connectivity index (χ4v) is 1.50. The summed E-state index contributed by atoms with van der Waals surface area (Å²) < 4.78 is 4.86. The quantitative estimate of drug-likeness (QED) is 0.282. The average Bonchev–Trinajstić information content (AvgIpc) is 2.13. The van der Waals surface area contributed by atoms with E-state index in [0.29, 0.717) is 25.5 Å². The van der Waals surface area contributed by atoms with Crippen molar-refractivity contribution in [3.8, 4) is 0 Å². The van der Waals surface area contributed by atoms with Gasteiger partial charge in [0, 0.05) is 17.9 Å². The average molecular weight is 213 g/mol. The zero-order chi connectivity index (χ0) is 11.7. The van der Waals surface area contributed by atoms with Crippen LogP contribution in [-0.4, -0.2) is 19.1 Å². The molecule has 86 valence electrons.